The summed E-state index contributed by atoms with van der Waals surface area (Å²) in [5.41, 5.74) is 8.57. The van der Waals surface area contributed by atoms with Gasteiger partial charge in [0.2, 0.25) is 0 Å². The molecule has 0 aliphatic heterocycles. The first-order chi connectivity index (χ1) is 18.2. The molecule has 0 radical (unpaired) electrons. The lowest BCUT2D eigenvalue weighted by atomic mass is 9.81. The van der Waals surface area contributed by atoms with E-state index in [0.29, 0.717) is 0 Å². The van der Waals surface area contributed by atoms with Gasteiger partial charge in [-0.2, -0.15) is 12.6 Å². The van der Waals surface area contributed by atoms with Gasteiger partial charge in [-0.25, -0.2) is 0 Å². The van der Waals surface area contributed by atoms with Crippen molar-refractivity contribution in [1.82, 2.24) is 0 Å². The van der Waals surface area contributed by atoms with Crippen LogP contribution in [0, 0.1) is 13.8 Å². The first-order valence-corrected chi connectivity index (χ1v) is 16.1. The van der Waals surface area contributed by atoms with Crippen LogP contribution in [0.4, 0.5) is 0 Å². The summed E-state index contributed by atoms with van der Waals surface area (Å²) in [5, 5.41) is 2.77. The summed E-state index contributed by atoms with van der Waals surface area (Å²) in [6.45, 7) is 35.6. The first kappa shape index (κ1) is 43.3. The highest BCUT2D eigenvalue weighted by Gasteiger charge is 2.36. The molecule has 0 saturated heterocycles. The molecule has 0 nitrogen and oxygen atoms in total. The van der Waals surface area contributed by atoms with Crippen molar-refractivity contribution in [2.45, 2.75) is 136 Å². The second-order valence-corrected chi connectivity index (χ2v) is 9.20. The molecule has 0 amide bonds. The smallest absolute Gasteiger partial charge is 0.0159 e. The fourth-order valence-corrected chi connectivity index (χ4v) is 3.86. The minimum absolute atomic E-state index is 0.0919. The van der Waals surface area contributed by atoms with Gasteiger partial charge in [-0.15, -0.1) is 0 Å². The van der Waals surface area contributed by atoms with Gasteiger partial charge in [-0.05, 0) is 58.2 Å². The van der Waals surface area contributed by atoms with E-state index in [1.54, 1.807) is 0 Å². The van der Waals surface area contributed by atoms with E-state index in [-0.39, 0.29) is 5.41 Å². The lowest BCUT2D eigenvalue weighted by Gasteiger charge is -2.22. The van der Waals surface area contributed by atoms with E-state index in [2.05, 4.69) is 117 Å². The summed E-state index contributed by atoms with van der Waals surface area (Å²) < 4.78 is 0. The standard InChI is InChI=1S/C21H20.2C3H8.C2H6S.4C2H6/c1-13-8-9-17-19(12-13)21(3,4)18-11-10-15-14(2)6-5-7-16(15)20(17)18;2*1-3-2;1-2-3;4*1-2/h5-12H,1-4H3;2*3H2,1-2H3;3H,2H2,1H3;4*1-2H3. The van der Waals surface area contributed by atoms with Crippen molar-refractivity contribution in [3.8, 4) is 11.1 Å². The average molecular weight is 543 g/mol. The Kier molecular flexibility index (Phi) is 30.6. The highest BCUT2D eigenvalue weighted by molar-refractivity contribution is 7.80. The van der Waals surface area contributed by atoms with Crippen molar-refractivity contribution >= 4 is 23.4 Å². The van der Waals surface area contributed by atoms with Crippen molar-refractivity contribution in [2.24, 2.45) is 0 Å². The van der Waals surface area contributed by atoms with Gasteiger partial charge in [0.05, 0.1) is 0 Å². The maximum absolute atomic E-state index is 3.79. The zero-order valence-corrected chi connectivity index (χ0v) is 29.6. The Labute approximate surface area is 246 Å². The normalized spacial score (nSPS) is 10.4. The summed E-state index contributed by atoms with van der Waals surface area (Å²) in [7, 11) is 0. The monoisotopic (exact) mass is 542 g/mol. The van der Waals surface area contributed by atoms with E-state index in [4.69, 9.17) is 0 Å². The van der Waals surface area contributed by atoms with Crippen LogP contribution in [0.25, 0.3) is 21.9 Å². The fourth-order valence-electron chi connectivity index (χ4n) is 3.86. The molecule has 0 bridgehead atoms. The largest absolute Gasteiger partial charge is 0.180 e. The van der Waals surface area contributed by atoms with Gasteiger partial charge in [0, 0.05) is 5.41 Å². The molecule has 1 aliphatic carbocycles. The third-order valence-corrected chi connectivity index (χ3v) is 5.07. The molecule has 4 rings (SSSR count). The number of rotatable bonds is 0. The highest BCUT2D eigenvalue weighted by Crippen LogP contribution is 2.51. The summed E-state index contributed by atoms with van der Waals surface area (Å²) >= 11 is 3.79. The van der Waals surface area contributed by atoms with Crippen LogP contribution in [0.15, 0.2) is 48.5 Å². The van der Waals surface area contributed by atoms with E-state index in [1.807, 2.05) is 62.3 Å². The highest BCUT2D eigenvalue weighted by atomic mass is 32.1. The Morgan fingerprint density at radius 3 is 1.50 bits per heavy atom. The molecular weight excluding hydrogens is 476 g/mol. The predicted octanol–water partition coefficient (Wildman–Crippen LogP) is 13.6. The van der Waals surface area contributed by atoms with E-state index in [9.17, 15) is 0 Å². The minimum atomic E-state index is 0.0919. The molecule has 3 aromatic carbocycles. The van der Waals surface area contributed by atoms with E-state index >= 15 is 0 Å². The molecule has 0 N–H and O–H groups in total. The third kappa shape index (κ3) is 12.9. The Morgan fingerprint density at radius 1 is 0.605 bits per heavy atom. The molecule has 0 unspecified atom stereocenters. The number of thiol groups is 1. The zero-order valence-electron chi connectivity index (χ0n) is 28.7. The molecule has 1 heteroatoms. The summed E-state index contributed by atoms with van der Waals surface area (Å²) in [4.78, 5) is 0. The molecule has 0 spiro atoms. The molecule has 0 atom stereocenters. The van der Waals surface area contributed by atoms with Gasteiger partial charge in [-0.1, -0.05) is 171 Å². The van der Waals surface area contributed by atoms with Gasteiger partial charge in [0.1, 0.15) is 0 Å². The van der Waals surface area contributed by atoms with Crippen LogP contribution in [0.5, 0.6) is 0 Å². The molecule has 0 saturated carbocycles. The van der Waals surface area contributed by atoms with Crippen LogP contribution in [0.2, 0.25) is 0 Å². The number of hydrogen-bond donors (Lipinski definition) is 1. The van der Waals surface area contributed by atoms with E-state index < -0.39 is 0 Å². The van der Waals surface area contributed by atoms with Gasteiger partial charge < -0.3 is 0 Å². The number of hydrogen-bond acceptors (Lipinski definition) is 1. The Balaban J connectivity index is -0.000000288. The molecular formula is C37H66S. The van der Waals surface area contributed by atoms with Crippen molar-refractivity contribution in [2.75, 3.05) is 5.75 Å². The fraction of sp³-hybridized carbons (Fsp3) is 0.568. The summed E-state index contributed by atoms with van der Waals surface area (Å²) in [6.07, 6.45) is 2.50. The van der Waals surface area contributed by atoms with Crippen LogP contribution in [0.1, 0.15) is 139 Å². The van der Waals surface area contributed by atoms with Gasteiger partial charge >= 0.3 is 0 Å². The van der Waals surface area contributed by atoms with Gasteiger partial charge in [0.15, 0.2) is 0 Å². The molecule has 1 aliphatic rings. The first-order valence-electron chi connectivity index (χ1n) is 15.5. The van der Waals surface area contributed by atoms with Crippen molar-refractivity contribution in [1.29, 1.82) is 0 Å². The quantitative estimate of drug-likeness (QED) is 0.268. The Bertz CT molecular complexity index is 930. The summed E-state index contributed by atoms with van der Waals surface area (Å²) in [6, 6.07) is 18.2. The Morgan fingerprint density at radius 2 is 1.05 bits per heavy atom. The number of aryl methyl sites for hydroxylation is 2. The van der Waals surface area contributed by atoms with Crippen LogP contribution in [0.3, 0.4) is 0 Å². The van der Waals surface area contributed by atoms with Crippen LogP contribution < -0.4 is 0 Å². The minimum Gasteiger partial charge on any atom is -0.180 e. The van der Waals surface area contributed by atoms with Crippen LogP contribution >= 0.6 is 12.6 Å². The zero-order chi connectivity index (χ0) is 30.9. The number of fused-ring (bicyclic) bond motifs is 5. The van der Waals surface area contributed by atoms with Crippen LogP contribution in [-0.2, 0) is 5.41 Å². The second kappa shape index (κ2) is 26.9. The molecule has 38 heavy (non-hydrogen) atoms. The topological polar surface area (TPSA) is 0 Å². The summed E-state index contributed by atoms with van der Waals surface area (Å²) in [5.74, 6) is 0.944. The Hall–Kier alpha value is -1.73. The van der Waals surface area contributed by atoms with E-state index in [0.717, 1.165) is 5.75 Å². The van der Waals surface area contributed by atoms with Gasteiger partial charge in [0.25, 0.3) is 0 Å². The molecule has 0 fully saturated rings. The second-order valence-electron chi connectivity index (χ2n) is 8.56. The maximum Gasteiger partial charge on any atom is 0.0159 e. The third-order valence-electron chi connectivity index (χ3n) is 5.07. The average Bonchev–Trinajstić information content (AvgIpc) is 3.17. The van der Waals surface area contributed by atoms with Crippen LogP contribution in [-0.4, -0.2) is 5.75 Å². The molecule has 0 aromatic heterocycles. The van der Waals surface area contributed by atoms with Crippen molar-refractivity contribution in [3.63, 3.8) is 0 Å². The lowest BCUT2D eigenvalue weighted by molar-refractivity contribution is 0.660. The number of benzene rings is 3. The lowest BCUT2D eigenvalue weighted by Crippen LogP contribution is -2.15. The van der Waals surface area contributed by atoms with Crippen molar-refractivity contribution in [3.05, 3.63) is 70.8 Å². The molecule has 3 aromatic rings. The van der Waals surface area contributed by atoms with Crippen molar-refractivity contribution < 1.29 is 0 Å². The van der Waals surface area contributed by atoms with Gasteiger partial charge in [-0.3, -0.25) is 0 Å². The SMILES string of the molecule is CC.CC.CC.CC.CCC.CCC.CCS.Cc1ccc2c(c1)C(C)(C)c1ccc3c(C)cccc3c1-2. The maximum atomic E-state index is 3.79. The molecule has 0 heterocycles. The van der Waals surface area contributed by atoms with E-state index in [1.165, 1.54) is 57.0 Å². The molecule has 220 valence electrons. The predicted molar refractivity (Wildman–Crippen MR) is 188 cm³/mol.